The van der Waals surface area contributed by atoms with Crippen molar-refractivity contribution in [1.82, 2.24) is 9.78 Å². The van der Waals surface area contributed by atoms with Crippen molar-refractivity contribution >= 4 is 33.2 Å². The van der Waals surface area contributed by atoms with Gasteiger partial charge in [-0.1, -0.05) is 0 Å². The Morgan fingerprint density at radius 2 is 2.22 bits per heavy atom. The van der Waals surface area contributed by atoms with E-state index in [1.54, 1.807) is 43.0 Å². The molecule has 6 heteroatoms. The molecule has 1 aromatic heterocycles. The van der Waals surface area contributed by atoms with Gasteiger partial charge in [0.1, 0.15) is 0 Å². The first-order chi connectivity index (χ1) is 8.47. The summed E-state index contributed by atoms with van der Waals surface area (Å²) in [7, 11) is 1.78. The molecule has 0 bridgehead atoms. The Morgan fingerprint density at radius 1 is 1.50 bits per heavy atom. The molecule has 1 amide bonds. The van der Waals surface area contributed by atoms with E-state index < -0.39 is 0 Å². The van der Waals surface area contributed by atoms with Crippen molar-refractivity contribution in [2.45, 2.75) is 6.92 Å². The number of nitrogens with one attached hydrogen (secondary N) is 1. The number of anilines is 2. The molecule has 0 saturated carbocycles. The Bertz CT molecular complexity index is 606. The summed E-state index contributed by atoms with van der Waals surface area (Å²) in [4.78, 5) is 12.0. The maximum Gasteiger partial charge on any atom is 0.259 e. The summed E-state index contributed by atoms with van der Waals surface area (Å²) in [6.07, 6.45) is 1.69. The summed E-state index contributed by atoms with van der Waals surface area (Å²) in [5.41, 5.74) is 8.24. The van der Waals surface area contributed by atoms with E-state index in [2.05, 4.69) is 26.3 Å². The third kappa shape index (κ3) is 2.53. The molecule has 1 aromatic carbocycles. The van der Waals surface area contributed by atoms with Crippen LogP contribution in [-0.4, -0.2) is 15.7 Å². The highest BCUT2D eigenvalue weighted by molar-refractivity contribution is 9.10. The highest BCUT2D eigenvalue weighted by Crippen LogP contribution is 2.23. The van der Waals surface area contributed by atoms with Gasteiger partial charge in [0.15, 0.2) is 0 Å². The first-order valence-electron chi connectivity index (χ1n) is 5.34. The molecular weight excluding hydrogens is 296 g/mol. The zero-order chi connectivity index (χ0) is 13.3. The van der Waals surface area contributed by atoms with Gasteiger partial charge >= 0.3 is 0 Å². The second-order valence-electron chi connectivity index (χ2n) is 3.99. The molecule has 0 atom stereocenters. The summed E-state index contributed by atoms with van der Waals surface area (Å²) in [6.45, 7) is 1.80. The number of rotatable bonds is 2. The van der Waals surface area contributed by atoms with Crippen LogP contribution in [-0.2, 0) is 7.05 Å². The molecule has 2 aromatic rings. The standard InChI is InChI=1S/C12H13BrN4O/c1-7-9(6-17(2)16-7)12(18)15-8-3-4-10(13)11(14)5-8/h3-6H,14H2,1-2H3,(H,15,18). The van der Waals surface area contributed by atoms with Gasteiger partial charge in [-0.15, -0.1) is 0 Å². The lowest BCUT2D eigenvalue weighted by Gasteiger charge is -2.06. The van der Waals surface area contributed by atoms with E-state index in [4.69, 9.17) is 5.73 Å². The first-order valence-corrected chi connectivity index (χ1v) is 6.13. The predicted octanol–water partition coefficient (Wildman–Crippen LogP) is 2.33. The van der Waals surface area contributed by atoms with E-state index in [1.807, 2.05) is 0 Å². The number of hydrogen-bond acceptors (Lipinski definition) is 3. The highest BCUT2D eigenvalue weighted by atomic mass is 79.9. The molecular formula is C12H13BrN4O. The van der Waals surface area contributed by atoms with Crippen LogP contribution in [0.15, 0.2) is 28.9 Å². The zero-order valence-corrected chi connectivity index (χ0v) is 11.7. The van der Waals surface area contributed by atoms with E-state index in [0.29, 0.717) is 22.6 Å². The van der Waals surface area contributed by atoms with Gasteiger partial charge in [-0.05, 0) is 41.1 Å². The number of amides is 1. The number of aromatic nitrogens is 2. The molecule has 0 spiro atoms. The summed E-state index contributed by atoms with van der Waals surface area (Å²) in [5.74, 6) is -0.192. The average molecular weight is 309 g/mol. The minimum Gasteiger partial charge on any atom is -0.398 e. The average Bonchev–Trinajstić information content (AvgIpc) is 2.63. The molecule has 5 nitrogen and oxygen atoms in total. The Kier molecular flexibility index (Phi) is 3.38. The Hall–Kier alpha value is -1.82. The molecule has 0 fully saturated rings. The van der Waals surface area contributed by atoms with Crippen LogP contribution in [0.5, 0.6) is 0 Å². The lowest BCUT2D eigenvalue weighted by Crippen LogP contribution is -2.12. The summed E-state index contributed by atoms with van der Waals surface area (Å²) < 4.78 is 2.42. The van der Waals surface area contributed by atoms with Gasteiger partial charge in [0.25, 0.3) is 5.91 Å². The van der Waals surface area contributed by atoms with E-state index in [9.17, 15) is 4.79 Å². The van der Waals surface area contributed by atoms with Crippen molar-refractivity contribution in [2.24, 2.45) is 7.05 Å². The maximum atomic E-state index is 12.0. The lowest BCUT2D eigenvalue weighted by atomic mass is 10.2. The molecule has 18 heavy (non-hydrogen) atoms. The summed E-state index contributed by atoms with van der Waals surface area (Å²) >= 11 is 3.30. The van der Waals surface area contributed by atoms with Gasteiger partial charge < -0.3 is 11.1 Å². The third-order valence-corrected chi connectivity index (χ3v) is 3.23. The largest absolute Gasteiger partial charge is 0.398 e. The van der Waals surface area contributed by atoms with Crippen molar-refractivity contribution in [3.63, 3.8) is 0 Å². The van der Waals surface area contributed by atoms with Gasteiger partial charge in [-0.25, -0.2) is 0 Å². The number of carbonyl (C=O) groups excluding carboxylic acids is 1. The smallest absolute Gasteiger partial charge is 0.259 e. The topological polar surface area (TPSA) is 72.9 Å². The van der Waals surface area contributed by atoms with Crippen molar-refractivity contribution in [1.29, 1.82) is 0 Å². The molecule has 2 rings (SSSR count). The fraction of sp³-hybridized carbons (Fsp3) is 0.167. The fourth-order valence-corrected chi connectivity index (χ4v) is 1.89. The van der Waals surface area contributed by atoms with Crippen LogP contribution in [0.1, 0.15) is 16.1 Å². The number of nitrogens with two attached hydrogens (primary N) is 1. The van der Waals surface area contributed by atoms with Crippen LogP contribution < -0.4 is 11.1 Å². The quantitative estimate of drug-likeness (QED) is 0.836. The normalized spacial score (nSPS) is 10.4. The highest BCUT2D eigenvalue weighted by Gasteiger charge is 2.12. The molecule has 1 heterocycles. The lowest BCUT2D eigenvalue weighted by molar-refractivity contribution is 0.102. The SMILES string of the molecule is Cc1nn(C)cc1C(=O)Nc1ccc(Br)c(N)c1. The van der Waals surface area contributed by atoms with Gasteiger partial charge in [0, 0.05) is 29.1 Å². The second-order valence-corrected chi connectivity index (χ2v) is 4.85. The summed E-state index contributed by atoms with van der Waals surface area (Å²) in [6, 6.07) is 5.28. The second kappa shape index (κ2) is 4.81. The van der Waals surface area contributed by atoms with Gasteiger partial charge in [-0.3, -0.25) is 9.48 Å². The Labute approximate surface area is 113 Å². The van der Waals surface area contributed by atoms with Crippen molar-refractivity contribution in [3.05, 3.63) is 40.1 Å². The molecule has 0 radical (unpaired) electrons. The number of aryl methyl sites for hydroxylation is 2. The minimum absolute atomic E-state index is 0.192. The predicted molar refractivity (Wildman–Crippen MR) is 74.5 cm³/mol. The van der Waals surface area contributed by atoms with E-state index in [0.717, 1.165) is 4.47 Å². The number of hydrogen-bond donors (Lipinski definition) is 2. The van der Waals surface area contributed by atoms with Crippen molar-refractivity contribution < 1.29 is 4.79 Å². The maximum absolute atomic E-state index is 12.0. The van der Waals surface area contributed by atoms with E-state index >= 15 is 0 Å². The van der Waals surface area contributed by atoms with Crippen LogP contribution >= 0.6 is 15.9 Å². The fourth-order valence-electron chi connectivity index (χ4n) is 1.64. The van der Waals surface area contributed by atoms with Gasteiger partial charge in [-0.2, -0.15) is 5.10 Å². The Balaban J connectivity index is 2.21. The van der Waals surface area contributed by atoms with Gasteiger partial charge in [0.05, 0.1) is 11.3 Å². The van der Waals surface area contributed by atoms with E-state index in [1.165, 1.54) is 0 Å². The number of nitrogens with zero attached hydrogens (tertiary/aromatic N) is 2. The molecule has 0 aliphatic carbocycles. The molecule has 94 valence electrons. The van der Waals surface area contributed by atoms with Crippen LogP contribution in [0.25, 0.3) is 0 Å². The van der Waals surface area contributed by atoms with E-state index in [-0.39, 0.29) is 5.91 Å². The third-order valence-electron chi connectivity index (χ3n) is 2.51. The molecule has 0 saturated heterocycles. The van der Waals surface area contributed by atoms with Crippen LogP contribution in [0.4, 0.5) is 11.4 Å². The minimum atomic E-state index is -0.192. The number of nitrogen functional groups attached to an aromatic ring is 1. The number of benzene rings is 1. The van der Waals surface area contributed by atoms with Crippen molar-refractivity contribution in [3.8, 4) is 0 Å². The number of halogens is 1. The van der Waals surface area contributed by atoms with Crippen LogP contribution in [0, 0.1) is 6.92 Å². The number of carbonyl (C=O) groups is 1. The van der Waals surface area contributed by atoms with Crippen LogP contribution in [0.3, 0.4) is 0 Å². The summed E-state index contributed by atoms with van der Waals surface area (Å²) in [5, 5.41) is 6.92. The van der Waals surface area contributed by atoms with Gasteiger partial charge in [0.2, 0.25) is 0 Å². The Morgan fingerprint density at radius 3 is 2.78 bits per heavy atom. The van der Waals surface area contributed by atoms with Crippen LogP contribution in [0.2, 0.25) is 0 Å². The molecule has 3 N–H and O–H groups in total. The zero-order valence-electron chi connectivity index (χ0n) is 10.1. The monoisotopic (exact) mass is 308 g/mol. The van der Waals surface area contributed by atoms with Crippen molar-refractivity contribution in [2.75, 3.05) is 11.1 Å². The molecule has 0 aliphatic heterocycles. The molecule has 0 unspecified atom stereocenters. The molecule has 0 aliphatic rings. The first kappa shape index (κ1) is 12.6.